The summed E-state index contributed by atoms with van der Waals surface area (Å²) in [7, 11) is 0. The predicted octanol–water partition coefficient (Wildman–Crippen LogP) is 4.70. The van der Waals surface area contributed by atoms with Crippen LogP contribution in [-0.4, -0.2) is 11.7 Å². The number of amides is 1. The molecular formula is C14H7Cl4N3O. The minimum atomic E-state index is -0.435. The molecule has 1 amide bonds. The zero-order chi connectivity index (χ0) is 16.0. The Morgan fingerprint density at radius 2 is 1.41 bits per heavy atom. The van der Waals surface area contributed by atoms with Crippen molar-refractivity contribution < 1.29 is 4.79 Å². The maximum Gasteiger partial charge on any atom is 0.259 e. The molecule has 0 unspecified atom stereocenters. The summed E-state index contributed by atoms with van der Waals surface area (Å²) in [5.41, 5.74) is 7.32. The molecule has 0 aliphatic carbocycles. The Hall–Kier alpha value is -1.46. The molecule has 0 saturated heterocycles. The molecule has 22 heavy (non-hydrogen) atoms. The molecule has 0 saturated carbocycles. The smallest absolute Gasteiger partial charge is 0.259 e. The van der Waals surface area contributed by atoms with E-state index >= 15 is 0 Å². The van der Waals surface area contributed by atoms with Crippen LogP contribution in [0.25, 0.3) is 0 Å². The Morgan fingerprint density at radius 3 is 2.00 bits per heavy atom. The number of rotatable bonds is 1. The highest BCUT2D eigenvalue weighted by Crippen LogP contribution is 2.43. The van der Waals surface area contributed by atoms with E-state index in [4.69, 9.17) is 52.1 Å². The van der Waals surface area contributed by atoms with Gasteiger partial charge in [-0.1, -0.05) is 46.4 Å². The third-order valence-electron chi connectivity index (χ3n) is 3.10. The number of hydrogen-bond donors (Lipinski definition) is 2. The normalized spacial score (nSPS) is 15.1. The first-order valence-corrected chi connectivity index (χ1v) is 7.53. The van der Waals surface area contributed by atoms with Crippen molar-refractivity contribution >= 4 is 69.5 Å². The Labute approximate surface area is 145 Å². The van der Waals surface area contributed by atoms with Gasteiger partial charge in [-0.3, -0.25) is 4.79 Å². The lowest BCUT2D eigenvalue weighted by Gasteiger charge is -2.08. The Morgan fingerprint density at radius 1 is 0.864 bits per heavy atom. The van der Waals surface area contributed by atoms with Gasteiger partial charge in [0.1, 0.15) is 5.84 Å². The topological polar surface area (TPSA) is 67.5 Å². The second-order valence-corrected chi connectivity index (χ2v) is 6.02. The standard InChI is InChI=1S/C14H7Cl4N3O/c15-9-7-8(10(16)12(18)11(9)17)14(22)21-13(7)20-6-3-1-5(19)2-4-6/h1-4H,19H2,(H,20,21,22). The lowest BCUT2D eigenvalue weighted by atomic mass is 10.1. The van der Waals surface area contributed by atoms with Gasteiger partial charge in [0.15, 0.2) is 0 Å². The number of fused-ring (bicyclic) bond motifs is 1. The predicted molar refractivity (Wildman–Crippen MR) is 91.0 cm³/mol. The van der Waals surface area contributed by atoms with E-state index in [1.807, 2.05) is 0 Å². The van der Waals surface area contributed by atoms with Crippen LogP contribution >= 0.6 is 46.4 Å². The molecule has 0 bridgehead atoms. The molecule has 0 spiro atoms. The number of nitrogens with two attached hydrogens (primary N) is 1. The minimum Gasteiger partial charge on any atom is -0.399 e. The maximum absolute atomic E-state index is 12.1. The van der Waals surface area contributed by atoms with E-state index in [2.05, 4.69) is 10.3 Å². The van der Waals surface area contributed by atoms with Crippen LogP contribution in [0, 0.1) is 0 Å². The fourth-order valence-corrected chi connectivity index (χ4v) is 3.09. The Kier molecular flexibility index (Phi) is 3.95. The summed E-state index contributed by atoms with van der Waals surface area (Å²) < 4.78 is 0. The number of carbonyl (C=O) groups excluding carboxylic acids is 1. The number of aliphatic imine (C=N–C) groups is 1. The van der Waals surface area contributed by atoms with Crippen molar-refractivity contribution in [1.82, 2.24) is 5.32 Å². The number of nitrogens with one attached hydrogen (secondary N) is 1. The SMILES string of the molecule is Nc1ccc(N=C2NC(=O)c3c(Cl)c(Cl)c(Cl)c(Cl)c32)cc1. The van der Waals surface area contributed by atoms with Gasteiger partial charge in [0.05, 0.1) is 36.9 Å². The molecule has 2 aromatic carbocycles. The molecule has 1 heterocycles. The second kappa shape index (κ2) is 5.63. The highest BCUT2D eigenvalue weighted by molar-refractivity contribution is 6.55. The fraction of sp³-hybridized carbons (Fsp3) is 0. The molecule has 112 valence electrons. The van der Waals surface area contributed by atoms with Crippen molar-refractivity contribution in [3.8, 4) is 0 Å². The number of anilines is 1. The maximum atomic E-state index is 12.1. The van der Waals surface area contributed by atoms with Gasteiger partial charge in [-0.25, -0.2) is 4.99 Å². The van der Waals surface area contributed by atoms with E-state index in [1.54, 1.807) is 24.3 Å². The summed E-state index contributed by atoms with van der Waals surface area (Å²) >= 11 is 24.3. The number of nitrogens with zero attached hydrogens (tertiary/aromatic N) is 1. The van der Waals surface area contributed by atoms with E-state index in [-0.39, 0.29) is 31.5 Å². The summed E-state index contributed by atoms with van der Waals surface area (Å²) in [6.07, 6.45) is 0. The summed E-state index contributed by atoms with van der Waals surface area (Å²) in [5.74, 6) is -0.176. The average molecular weight is 375 g/mol. The van der Waals surface area contributed by atoms with E-state index in [0.717, 1.165) is 0 Å². The summed E-state index contributed by atoms with van der Waals surface area (Å²) in [4.78, 5) is 16.4. The molecule has 4 nitrogen and oxygen atoms in total. The fourth-order valence-electron chi connectivity index (χ4n) is 2.06. The lowest BCUT2D eigenvalue weighted by Crippen LogP contribution is -2.21. The number of amidine groups is 1. The minimum absolute atomic E-state index is 0.0379. The number of benzene rings is 2. The van der Waals surface area contributed by atoms with E-state index in [9.17, 15) is 4.79 Å². The van der Waals surface area contributed by atoms with Crippen LogP contribution in [0.2, 0.25) is 20.1 Å². The average Bonchev–Trinajstić information content (AvgIpc) is 2.81. The molecule has 8 heteroatoms. The van der Waals surface area contributed by atoms with Crippen LogP contribution < -0.4 is 11.1 Å². The highest BCUT2D eigenvalue weighted by Gasteiger charge is 2.33. The molecule has 2 aromatic rings. The van der Waals surface area contributed by atoms with E-state index in [0.29, 0.717) is 16.9 Å². The number of carbonyl (C=O) groups is 1. The van der Waals surface area contributed by atoms with Gasteiger partial charge < -0.3 is 11.1 Å². The van der Waals surface area contributed by atoms with Gasteiger partial charge in [0.2, 0.25) is 0 Å². The van der Waals surface area contributed by atoms with Crippen molar-refractivity contribution in [2.75, 3.05) is 5.73 Å². The van der Waals surface area contributed by atoms with Crippen LogP contribution in [0.3, 0.4) is 0 Å². The van der Waals surface area contributed by atoms with Gasteiger partial charge in [0.25, 0.3) is 5.91 Å². The first-order valence-electron chi connectivity index (χ1n) is 6.02. The molecule has 1 aliphatic heterocycles. The van der Waals surface area contributed by atoms with Crippen molar-refractivity contribution in [3.05, 3.63) is 55.5 Å². The summed E-state index contributed by atoms with van der Waals surface area (Å²) in [6, 6.07) is 6.81. The third kappa shape index (κ3) is 2.42. The molecule has 0 radical (unpaired) electrons. The van der Waals surface area contributed by atoms with Gasteiger partial charge in [-0.05, 0) is 24.3 Å². The van der Waals surface area contributed by atoms with Crippen LogP contribution in [0.4, 0.5) is 11.4 Å². The molecule has 0 fully saturated rings. The number of nitrogen functional groups attached to an aromatic ring is 1. The number of halogens is 4. The molecular weight excluding hydrogens is 368 g/mol. The van der Waals surface area contributed by atoms with Crippen molar-refractivity contribution in [2.45, 2.75) is 0 Å². The summed E-state index contributed by atoms with van der Waals surface area (Å²) in [5, 5.41) is 2.90. The van der Waals surface area contributed by atoms with Crippen molar-refractivity contribution in [1.29, 1.82) is 0 Å². The zero-order valence-corrected chi connectivity index (χ0v) is 13.8. The first-order chi connectivity index (χ1) is 10.4. The van der Waals surface area contributed by atoms with Crippen molar-refractivity contribution in [2.24, 2.45) is 4.99 Å². The quantitative estimate of drug-likeness (QED) is 0.431. The van der Waals surface area contributed by atoms with Crippen LogP contribution in [0.1, 0.15) is 15.9 Å². The lowest BCUT2D eigenvalue weighted by molar-refractivity contribution is 0.0983. The zero-order valence-electron chi connectivity index (χ0n) is 10.8. The molecule has 0 aromatic heterocycles. The Balaban J connectivity index is 2.21. The third-order valence-corrected chi connectivity index (χ3v) is 4.90. The van der Waals surface area contributed by atoms with E-state index in [1.165, 1.54) is 0 Å². The monoisotopic (exact) mass is 373 g/mol. The molecule has 3 N–H and O–H groups in total. The van der Waals surface area contributed by atoms with Crippen molar-refractivity contribution in [3.63, 3.8) is 0 Å². The van der Waals surface area contributed by atoms with Crippen LogP contribution in [-0.2, 0) is 0 Å². The Bertz CT molecular complexity index is 831. The van der Waals surface area contributed by atoms with E-state index < -0.39 is 5.91 Å². The summed E-state index contributed by atoms with van der Waals surface area (Å²) in [6.45, 7) is 0. The largest absolute Gasteiger partial charge is 0.399 e. The number of hydrogen-bond acceptors (Lipinski definition) is 3. The first kappa shape index (κ1) is 15.4. The van der Waals surface area contributed by atoms with Gasteiger partial charge in [-0.2, -0.15) is 0 Å². The molecule has 0 atom stereocenters. The van der Waals surface area contributed by atoms with Gasteiger partial charge >= 0.3 is 0 Å². The van der Waals surface area contributed by atoms with Crippen LogP contribution in [0.5, 0.6) is 0 Å². The molecule has 1 aliphatic rings. The molecule has 3 rings (SSSR count). The second-order valence-electron chi connectivity index (χ2n) is 4.51. The van der Waals surface area contributed by atoms with Gasteiger partial charge in [-0.15, -0.1) is 0 Å². The van der Waals surface area contributed by atoms with Crippen LogP contribution in [0.15, 0.2) is 29.3 Å². The van der Waals surface area contributed by atoms with Gasteiger partial charge in [0, 0.05) is 5.69 Å². The highest BCUT2D eigenvalue weighted by atomic mass is 35.5.